The molecule has 70 valence electrons. The van der Waals surface area contributed by atoms with Gasteiger partial charge in [0.1, 0.15) is 4.60 Å². The molecule has 0 radical (unpaired) electrons. The summed E-state index contributed by atoms with van der Waals surface area (Å²) < 4.78 is 0.697. The Morgan fingerprint density at radius 1 is 1.46 bits per heavy atom. The number of halogens is 1. The van der Waals surface area contributed by atoms with Crippen molar-refractivity contribution in [1.29, 1.82) is 0 Å². The molecule has 3 heteroatoms. The van der Waals surface area contributed by atoms with Crippen molar-refractivity contribution < 1.29 is 4.79 Å². The minimum Gasteiger partial charge on any atom is -0.294 e. The Kier molecular flexibility index (Phi) is 2.86. The van der Waals surface area contributed by atoms with Crippen molar-refractivity contribution in [3.05, 3.63) is 28.5 Å². The third-order valence-electron chi connectivity index (χ3n) is 1.67. The second-order valence-electron chi connectivity index (χ2n) is 3.95. The first-order chi connectivity index (χ1) is 5.91. The highest BCUT2D eigenvalue weighted by Gasteiger charge is 2.22. The molecule has 0 aliphatic heterocycles. The largest absolute Gasteiger partial charge is 0.294 e. The SMILES string of the molecule is CC(C)(C)C(=O)c1ccnc(Br)c1. The minimum atomic E-state index is -0.333. The monoisotopic (exact) mass is 241 g/mol. The summed E-state index contributed by atoms with van der Waals surface area (Å²) in [6.45, 7) is 5.72. The van der Waals surface area contributed by atoms with E-state index in [0.717, 1.165) is 0 Å². The number of hydrogen-bond donors (Lipinski definition) is 0. The zero-order valence-corrected chi connectivity index (χ0v) is 9.55. The van der Waals surface area contributed by atoms with Gasteiger partial charge in [0.15, 0.2) is 5.78 Å². The van der Waals surface area contributed by atoms with E-state index in [4.69, 9.17) is 0 Å². The van der Waals surface area contributed by atoms with Crippen LogP contribution in [0, 0.1) is 5.41 Å². The Bertz CT molecular complexity index is 328. The van der Waals surface area contributed by atoms with E-state index in [0.29, 0.717) is 10.2 Å². The molecule has 1 aromatic rings. The average molecular weight is 242 g/mol. The van der Waals surface area contributed by atoms with Crippen LogP contribution < -0.4 is 0 Å². The van der Waals surface area contributed by atoms with Crippen LogP contribution in [0.25, 0.3) is 0 Å². The summed E-state index contributed by atoms with van der Waals surface area (Å²) in [7, 11) is 0. The van der Waals surface area contributed by atoms with Gasteiger partial charge in [-0.25, -0.2) is 4.98 Å². The number of aromatic nitrogens is 1. The third-order valence-corrected chi connectivity index (χ3v) is 2.10. The maximum Gasteiger partial charge on any atom is 0.168 e. The number of Topliss-reactive ketones (excluding diaryl/α,β-unsaturated/α-hetero) is 1. The van der Waals surface area contributed by atoms with E-state index in [1.54, 1.807) is 18.3 Å². The zero-order chi connectivity index (χ0) is 10.1. The smallest absolute Gasteiger partial charge is 0.168 e. The van der Waals surface area contributed by atoms with Gasteiger partial charge in [0.25, 0.3) is 0 Å². The molecule has 0 saturated carbocycles. The van der Waals surface area contributed by atoms with Crippen molar-refractivity contribution >= 4 is 21.7 Å². The molecular weight excluding hydrogens is 230 g/mol. The molecular formula is C10H12BrNO. The van der Waals surface area contributed by atoms with E-state index in [1.807, 2.05) is 20.8 Å². The number of carbonyl (C=O) groups excluding carboxylic acids is 1. The lowest BCUT2D eigenvalue weighted by Crippen LogP contribution is -2.20. The van der Waals surface area contributed by atoms with Crippen LogP contribution in [0.2, 0.25) is 0 Å². The molecule has 0 fully saturated rings. The summed E-state index contributed by atoms with van der Waals surface area (Å²) in [5, 5.41) is 0. The number of hydrogen-bond acceptors (Lipinski definition) is 2. The van der Waals surface area contributed by atoms with Crippen LogP contribution in [-0.2, 0) is 0 Å². The van der Waals surface area contributed by atoms with Crippen molar-refractivity contribution in [2.45, 2.75) is 20.8 Å². The van der Waals surface area contributed by atoms with Gasteiger partial charge in [0.05, 0.1) is 0 Å². The average Bonchev–Trinajstić information content (AvgIpc) is 2.01. The highest BCUT2D eigenvalue weighted by atomic mass is 79.9. The number of nitrogens with zero attached hydrogens (tertiary/aromatic N) is 1. The fraction of sp³-hybridized carbons (Fsp3) is 0.400. The summed E-state index contributed by atoms with van der Waals surface area (Å²) in [5.74, 6) is 0.135. The van der Waals surface area contributed by atoms with Gasteiger partial charge in [0, 0.05) is 17.2 Å². The van der Waals surface area contributed by atoms with Gasteiger partial charge in [-0.15, -0.1) is 0 Å². The fourth-order valence-electron chi connectivity index (χ4n) is 0.977. The van der Waals surface area contributed by atoms with Crippen LogP contribution in [0.3, 0.4) is 0 Å². The summed E-state index contributed by atoms with van der Waals surface area (Å²) in [6.07, 6.45) is 1.63. The molecule has 2 nitrogen and oxygen atoms in total. The molecule has 0 saturated heterocycles. The van der Waals surface area contributed by atoms with Crippen molar-refractivity contribution in [2.24, 2.45) is 5.41 Å². The highest BCUT2D eigenvalue weighted by molar-refractivity contribution is 9.10. The molecule has 0 bridgehead atoms. The van der Waals surface area contributed by atoms with Gasteiger partial charge in [-0.2, -0.15) is 0 Å². The summed E-state index contributed by atoms with van der Waals surface area (Å²) in [6, 6.07) is 3.48. The quantitative estimate of drug-likeness (QED) is 0.559. The van der Waals surface area contributed by atoms with Gasteiger partial charge in [-0.3, -0.25) is 4.79 Å². The fourth-order valence-corrected chi connectivity index (χ4v) is 1.34. The molecule has 0 aliphatic carbocycles. The van der Waals surface area contributed by atoms with Gasteiger partial charge >= 0.3 is 0 Å². The molecule has 13 heavy (non-hydrogen) atoms. The minimum absolute atomic E-state index is 0.135. The lowest BCUT2D eigenvalue weighted by molar-refractivity contribution is 0.0858. The van der Waals surface area contributed by atoms with E-state index in [1.165, 1.54) is 0 Å². The van der Waals surface area contributed by atoms with E-state index >= 15 is 0 Å². The molecule has 1 aromatic heterocycles. The van der Waals surface area contributed by atoms with Gasteiger partial charge in [0.2, 0.25) is 0 Å². The van der Waals surface area contributed by atoms with E-state index in [2.05, 4.69) is 20.9 Å². The van der Waals surface area contributed by atoms with Crippen LogP contribution in [0.5, 0.6) is 0 Å². The topological polar surface area (TPSA) is 30.0 Å². The summed E-state index contributed by atoms with van der Waals surface area (Å²) >= 11 is 3.23. The molecule has 0 unspecified atom stereocenters. The molecule has 0 aromatic carbocycles. The summed E-state index contributed by atoms with van der Waals surface area (Å²) in [5.41, 5.74) is 0.371. The number of pyridine rings is 1. The van der Waals surface area contributed by atoms with Crippen LogP contribution >= 0.6 is 15.9 Å². The Morgan fingerprint density at radius 2 is 2.08 bits per heavy atom. The normalized spacial score (nSPS) is 11.4. The number of rotatable bonds is 1. The molecule has 1 heterocycles. The number of ketones is 1. The molecule has 1 rings (SSSR count). The van der Waals surface area contributed by atoms with Crippen molar-refractivity contribution in [3.8, 4) is 0 Å². The Labute approximate surface area is 86.5 Å². The summed E-state index contributed by atoms with van der Waals surface area (Å²) in [4.78, 5) is 15.7. The van der Waals surface area contributed by atoms with Crippen LogP contribution in [0.4, 0.5) is 0 Å². The Hall–Kier alpha value is -0.700. The molecule has 0 spiro atoms. The zero-order valence-electron chi connectivity index (χ0n) is 7.97. The van der Waals surface area contributed by atoms with Crippen molar-refractivity contribution in [2.75, 3.05) is 0 Å². The maximum atomic E-state index is 11.8. The van der Waals surface area contributed by atoms with Crippen LogP contribution in [-0.4, -0.2) is 10.8 Å². The van der Waals surface area contributed by atoms with Crippen molar-refractivity contribution in [3.63, 3.8) is 0 Å². The van der Waals surface area contributed by atoms with Crippen LogP contribution in [0.1, 0.15) is 31.1 Å². The first-order valence-corrected chi connectivity index (χ1v) is 4.87. The second kappa shape index (κ2) is 3.58. The molecule has 0 atom stereocenters. The van der Waals surface area contributed by atoms with E-state index in [9.17, 15) is 4.79 Å². The van der Waals surface area contributed by atoms with E-state index < -0.39 is 0 Å². The highest BCUT2D eigenvalue weighted by Crippen LogP contribution is 2.21. The van der Waals surface area contributed by atoms with Gasteiger partial charge < -0.3 is 0 Å². The second-order valence-corrected chi connectivity index (χ2v) is 4.76. The molecule has 0 amide bonds. The molecule has 0 N–H and O–H groups in total. The van der Waals surface area contributed by atoms with Gasteiger partial charge in [-0.1, -0.05) is 20.8 Å². The Balaban J connectivity index is 3.03. The van der Waals surface area contributed by atoms with E-state index in [-0.39, 0.29) is 11.2 Å². The first kappa shape index (κ1) is 10.4. The Morgan fingerprint density at radius 3 is 2.54 bits per heavy atom. The van der Waals surface area contributed by atoms with Gasteiger partial charge in [-0.05, 0) is 28.1 Å². The van der Waals surface area contributed by atoms with Crippen molar-refractivity contribution in [1.82, 2.24) is 4.98 Å². The predicted octanol–water partition coefficient (Wildman–Crippen LogP) is 3.07. The molecule has 0 aliphatic rings. The van der Waals surface area contributed by atoms with Crippen LogP contribution in [0.15, 0.2) is 22.9 Å². The third kappa shape index (κ3) is 2.62. The lowest BCUT2D eigenvalue weighted by atomic mass is 9.87. The predicted molar refractivity (Wildman–Crippen MR) is 55.7 cm³/mol. The standard InChI is InChI=1S/C10H12BrNO/c1-10(2,3)9(13)7-4-5-12-8(11)6-7/h4-6H,1-3H3. The number of carbonyl (C=O) groups is 1. The maximum absolute atomic E-state index is 11.8. The first-order valence-electron chi connectivity index (χ1n) is 4.07. The lowest BCUT2D eigenvalue weighted by Gasteiger charge is -2.16.